The molecule has 1 aromatic rings. The van der Waals surface area contributed by atoms with Crippen LogP contribution >= 0.6 is 0 Å². The standard InChI is InChI=1S/C6H9N3O4S/c1-3-4(14(7,12)13)5(10)8-6(11)9(3)2/h1-2H3,(H2,7,12,13)(H,8,10,11). The molecule has 7 nitrogen and oxygen atoms in total. The Morgan fingerprint density at radius 1 is 1.36 bits per heavy atom. The summed E-state index contributed by atoms with van der Waals surface area (Å²) in [6.45, 7) is 1.33. The second kappa shape index (κ2) is 3.07. The van der Waals surface area contributed by atoms with E-state index in [1.165, 1.54) is 14.0 Å². The minimum Gasteiger partial charge on any atom is -0.300 e. The molecule has 8 heteroatoms. The van der Waals surface area contributed by atoms with Crippen LogP contribution in [0.15, 0.2) is 14.5 Å². The molecule has 0 bridgehead atoms. The number of nitrogens with two attached hydrogens (primary N) is 1. The molecule has 1 aromatic heterocycles. The quantitative estimate of drug-likeness (QED) is 0.570. The van der Waals surface area contributed by atoms with E-state index < -0.39 is 26.2 Å². The van der Waals surface area contributed by atoms with Crippen LogP contribution in [0.1, 0.15) is 5.69 Å². The van der Waals surface area contributed by atoms with Crippen molar-refractivity contribution in [3.63, 3.8) is 0 Å². The van der Waals surface area contributed by atoms with Crippen molar-refractivity contribution in [1.29, 1.82) is 0 Å². The van der Waals surface area contributed by atoms with Crippen LogP contribution < -0.4 is 16.4 Å². The van der Waals surface area contributed by atoms with E-state index in [4.69, 9.17) is 5.14 Å². The number of sulfonamides is 1. The molecule has 0 aliphatic carbocycles. The van der Waals surface area contributed by atoms with Crippen LogP contribution in [0.3, 0.4) is 0 Å². The highest BCUT2D eigenvalue weighted by atomic mass is 32.2. The first-order chi connectivity index (χ1) is 6.25. The predicted molar refractivity (Wildman–Crippen MR) is 48.4 cm³/mol. The second-order valence-electron chi connectivity index (χ2n) is 2.78. The monoisotopic (exact) mass is 219 g/mol. The van der Waals surface area contributed by atoms with Gasteiger partial charge in [-0.25, -0.2) is 18.4 Å². The number of aromatic nitrogens is 2. The number of nitrogens with zero attached hydrogens (tertiary/aromatic N) is 1. The van der Waals surface area contributed by atoms with Gasteiger partial charge in [0, 0.05) is 12.7 Å². The highest BCUT2D eigenvalue weighted by Gasteiger charge is 2.18. The Kier molecular flexibility index (Phi) is 2.34. The van der Waals surface area contributed by atoms with Crippen molar-refractivity contribution in [3.8, 4) is 0 Å². The Bertz CT molecular complexity index is 580. The van der Waals surface area contributed by atoms with Crippen LogP contribution in [-0.4, -0.2) is 18.0 Å². The molecule has 0 aliphatic heterocycles. The fourth-order valence-electron chi connectivity index (χ4n) is 1.04. The number of rotatable bonds is 1. The predicted octanol–water partition coefficient (Wildman–Crippen LogP) is -1.97. The van der Waals surface area contributed by atoms with E-state index in [0.29, 0.717) is 0 Å². The first kappa shape index (κ1) is 10.7. The van der Waals surface area contributed by atoms with E-state index in [9.17, 15) is 18.0 Å². The molecule has 0 saturated heterocycles. The molecule has 0 fully saturated rings. The Morgan fingerprint density at radius 2 is 1.86 bits per heavy atom. The Hall–Kier alpha value is -1.41. The van der Waals surface area contributed by atoms with Crippen molar-refractivity contribution in [2.75, 3.05) is 0 Å². The molecule has 0 radical (unpaired) electrons. The summed E-state index contributed by atoms with van der Waals surface area (Å²) < 4.78 is 23.0. The number of hydrogen-bond acceptors (Lipinski definition) is 4. The lowest BCUT2D eigenvalue weighted by Crippen LogP contribution is -2.36. The summed E-state index contributed by atoms with van der Waals surface area (Å²) in [4.78, 5) is 23.4. The molecule has 1 rings (SSSR count). The van der Waals surface area contributed by atoms with Gasteiger partial charge in [-0.2, -0.15) is 0 Å². The van der Waals surface area contributed by atoms with Gasteiger partial charge in [-0.1, -0.05) is 0 Å². The van der Waals surface area contributed by atoms with E-state index >= 15 is 0 Å². The van der Waals surface area contributed by atoms with E-state index in [0.717, 1.165) is 4.57 Å². The molecule has 3 N–H and O–H groups in total. The number of nitrogens with one attached hydrogen (secondary N) is 1. The number of primary sulfonamides is 1. The van der Waals surface area contributed by atoms with Crippen molar-refractivity contribution in [2.45, 2.75) is 11.8 Å². The van der Waals surface area contributed by atoms with Crippen LogP contribution in [0, 0.1) is 6.92 Å². The first-order valence-corrected chi connectivity index (χ1v) is 5.12. The molecule has 0 amide bonds. The summed E-state index contributed by atoms with van der Waals surface area (Å²) in [7, 11) is -2.77. The minimum atomic E-state index is -4.11. The lowest BCUT2D eigenvalue weighted by atomic mass is 10.4. The molecule has 0 unspecified atom stereocenters. The number of H-pyrrole nitrogens is 1. The van der Waals surface area contributed by atoms with Gasteiger partial charge >= 0.3 is 5.69 Å². The molecular formula is C6H9N3O4S. The largest absolute Gasteiger partial charge is 0.328 e. The zero-order valence-electron chi connectivity index (χ0n) is 7.57. The average molecular weight is 219 g/mol. The number of aromatic amines is 1. The van der Waals surface area contributed by atoms with Crippen molar-refractivity contribution in [1.82, 2.24) is 9.55 Å². The maximum absolute atomic E-state index is 11.1. The maximum atomic E-state index is 11.1. The van der Waals surface area contributed by atoms with Crippen molar-refractivity contribution in [3.05, 3.63) is 26.5 Å². The van der Waals surface area contributed by atoms with E-state index in [2.05, 4.69) is 0 Å². The molecule has 14 heavy (non-hydrogen) atoms. The lowest BCUT2D eigenvalue weighted by Gasteiger charge is -2.05. The summed E-state index contributed by atoms with van der Waals surface area (Å²) in [5, 5.41) is 4.81. The Labute approximate surface area is 79.2 Å². The topological polar surface area (TPSA) is 115 Å². The van der Waals surface area contributed by atoms with E-state index in [-0.39, 0.29) is 5.69 Å². The van der Waals surface area contributed by atoms with Crippen LogP contribution in [0.4, 0.5) is 0 Å². The maximum Gasteiger partial charge on any atom is 0.328 e. The van der Waals surface area contributed by atoms with Crippen molar-refractivity contribution >= 4 is 10.0 Å². The fraction of sp³-hybridized carbons (Fsp3) is 0.333. The molecule has 0 saturated carbocycles. The van der Waals surface area contributed by atoms with Crippen LogP contribution in [0.2, 0.25) is 0 Å². The van der Waals surface area contributed by atoms with Gasteiger partial charge < -0.3 is 0 Å². The highest BCUT2D eigenvalue weighted by Crippen LogP contribution is 2.02. The normalized spacial score (nSPS) is 11.6. The summed E-state index contributed by atoms with van der Waals surface area (Å²) in [6.07, 6.45) is 0. The molecule has 0 spiro atoms. The Morgan fingerprint density at radius 3 is 2.29 bits per heavy atom. The van der Waals surface area contributed by atoms with Gasteiger partial charge in [0.25, 0.3) is 5.56 Å². The van der Waals surface area contributed by atoms with Gasteiger partial charge in [0.1, 0.15) is 0 Å². The molecule has 0 aromatic carbocycles. The third-order valence-electron chi connectivity index (χ3n) is 1.85. The molecule has 78 valence electrons. The van der Waals surface area contributed by atoms with E-state index in [1.807, 2.05) is 4.98 Å². The van der Waals surface area contributed by atoms with Crippen LogP contribution in [0.25, 0.3) is 0 Å². The fourth-order valence-corrected chi connectivity index (χ4v) is 1.90. The summed E-state index contributed by atoms with van der Waals surface area (Å²) in [5.74, 6) is 0. The van der Waals surface area contributed by atoms with Gasteiger partial charge in [0.15, 0.2) is 4.90 Å². The smallest absolute Gasteiger partial charge is 0.300 e. The van der Waals surface area contributed by atoms with Crippen molar-refractivity contribution in [2.24, 2.45) is 12.2 Å². The van der Waals surface area contributed by atoms with Crippen LogP contribution in [-0.2, 0) is 17.1 Å². The van der Waals surface area contributed by atoms with Crippen LogP contribution in [0.5, 0.6) is 0 Å². The molecule has 1 heterocycles. The molecule has 0 atom stereocenters. The molecular weight excluding hydrogens is 210 g/mol. The Balaban J connectivity index is 3.89. The summed E-state index contributed by atoms with van der Waals surface area (Å²) in [6, 6.07) is 0. The minimum absolute atomic E-state index is 0.0150. The highest BCUT2D eigenvalue weighted by molar-refractivity contribution is 7.89. The van der Waals surface area contributed by atoms with E-state index in [1.54, 1.807) is 0 Å². The van der Waals surface area contributed by atoms with Crippen molar-refractivity contribution < 1.29 is 8.42 Å². The number of hydrogen-bond donors (Lipinski definition) is 2. The molecule has 0 aliphatic rings. The zero-order chi connectivity index (χ0) is 11.1. The third-order valence-corrected chi connectivity index (χ3v) is 2.90. The summed E-state index contributed by atoms with van der Waals surface area (Å²) in [5.41, 5.74) is -1.66. The SMILES string of the molecule is Cc1c(S(N)(=O)=O)c(=O)[nH]c(=O)n1C. The van der Waals surface area contributed by atoms with Gasteiger partial charge in [-0.15, -0.1) is 0 Å². The van der Waals surface area contributed by atoms with Gasteiger partial charge in [-0.05, 0) is 6.92 Å². The van der Waals surface area contributed by atoms with Gasteiger partial charge in [-0.3, -0.25) is 14.3 Å². The van der Waals surface area contributed by atoms with Gasteiger partial charge in [0.05, 0.1) is 0 Å². The first-order valence-electron chi connectivity index (χ1n) is 3.58. The van der Waals surface area contributed by atoms with Gasteiger partial charge in [0.2, 0.25) is 10.0 Å². The average Bonchev–Trinajstić information content (AvgIpc) is 1.97. The summed E-state index contributed by atoms with van der Waals surface area (Å²) >= 11 is 0. The third kappa shape index (κ3) is 1.61. The lowest BCUT2D eigenvalue weighted by molar-refractivity contribution is 0.591. The zero-order valence-corrected chi connectivity index (χ0v) is 8.38. The second-order valence-corrected chi connectivity index (χ2v) is 4.28.